The number of H-pyrrole nitrogens is 1. The number of nitrogens with two attached hydrogens (primary N) is 1. The zero-order valence-corrected chi connectivity index (χ0v) is 6.58. The summed E-state index contributed by atoms with van der Waals surface area (Å²) >= 11 is 0. The molecule has 0 aromatic carbocycles. The maximum Gasteiger partial charge on any atom is 0.150 e. The van der Waals surface area contributed by atoms with Gasteiger partial charge in [-0.25, -0.2) is 0 Å². The van der Waals surface area contributed by atoms with Crippen molar-refractivity contribution in [2.24, 2.45) is 5.73 Å². The van der Waals surface area contributed by atoms with E-state index in [9.17, 15) is 0 Å². The van der Waals surface area contributed by atoms with E-state index in [-0.39, 0.29) is 0 Å². The lowest BCUT2D eigenvalue weighted by Crippen LogP contribution is -1.92. The van der Waals surface area contributed by atoms with E-state index in [2.05, 4.69) is 4.98 Å². The fraction of sp³-hybridized carbons (Fsp3) is 0.111. The molecule has 3 heteroatoms. The fourth-order valence-electron chi connectivity index (χ4n) is 1.12. The lowest BCUT2D eigenvalue weighted by atomic mass is 10.3. The Morgan fingerprint density at radius 2 is 2.25 bits per heavy atom. The highest BCUT2D eigenvalue weighted by atomic mass is 16.3. The Morgan fingerprint density at radius 1 is 1.33 bits per heavy atom. The molecular weight excluding hydrogens is 152 g/mol. The van der Waals surface area contributed by atoms with Crippen LogP contribution in [0.15, 0.2) is 34.9 Å². The van der Waals surface area contributed by atoms with Gasteiger partial charge in [0.1, 0.15) is 5.76 Å². The van der Waals surface area contributed by atoms with Crippen molar-refractivity contribution in [2.45, 2.75) is 6.54 Å². The summed E-state index contributed by atoms with van der Waals surface area (Å²) in [6.45, 7) is 0.445. The standard InChI is InChI=1S/C9H10N2O/c10-6-7-3-4-9(12-7)8-2-1-5-11-8/h1-5,11H,6,10H2. The molecule has 0 bridgehead atoms. The van der Waals surface area contributed by atoms with Crippen LogP contribution in [0.25, 0.3) is 11.5 Å². The second kappa shape index (κ2) is 2.87. The van der Waals surface area contributed by atoms with Gasteiger partial charge < -0.3 is 15.1 Å². The van der Waals surface area contributed by atoms with Gasteiger partial charge in [0.25, 0.3) is 0 Å². The Labute approximate surface area is 70.2 Å². The molecule has 0 aliphatic carbocycles. The van der Waals surface area contributed by atoms with Gasteiger partial charge in [0.05, 0.1) is 12.2 Å². The minimum absolute atomic E-state index is 0.445. The molecule has 3 nitrogen and oxygen atoms in total. The Hall–Kier alpha value is -1.48. The van der Waals surface area contributed by atoms with Crippen LogP contribution in [0, 0.1) is 0 Å². The Bertz CT molecular complexity index is 348. The highest BCUT2D eigenvalue weighted by molar-refractivity contribution is 5.52. The van der Waals surface area contributed by atoms with Gasteiger partial charge in [-0.1, -0.05) is 0 Å². The Kier molecular flexibility index (Phi) is 1.72. The molecule has 0 saturated carbocycles. The summed E-state index contributed by atoms with van der Waals surface area (Å²) in [5, 5.41) is 0. The SMILES string of the molecule is NCc1ccc(-c2ccc[nH]2)o1. The summed E-state index contributed by atoms with van der Waals surface area (Å²) in [6, 6.07) is 7.68. The lowest BCUT2D eigenvalue weighted by molar-refractivity contribution is 0.524. The number of nitrogens with one attached hydrogen (secondary N) is 1. The molecule has 12 heavy (non-hydrogen) atoms. The second-order valence-electron chi connectivity index (χ2n) is 2.55. The maximum absolute atomic E-state index is 5.42. The predicted molar refractivity (Wildman–Crippen MR) is 46.4 cm³/mol. The van der Waals surface area contributed by atoms with Crippen molar-refractivity contribution >= 4 is 0 Å². The number of hydrogen-bond acceptors (Lipinski definition) is 2. The number of aromatic amines is 1. The first-order valence-electron chi connectivity index (χ1n) is 3.82. The van der Waals surface area contributed by atoms with Crippen molar-refractivity contribution in [3.63, 3.8) is 0 Å². The van der Waals surface area contributed by atoms with Crippen LogP contribution in [-0.4, -0.2) is 4.98 Å². The molecule has 2 heterocycles. The van der Waals surface area contributed by atoms with Crippen molar-refractivity contribution in [3.8, 4) is 11.5 Å². The minimum atomic E-state index is 0.445. The third-order valence-electron chi connectivity index (χ3n) is 1.73. The molecule has 0 spiro atoms. The maximum atomic E-state index is 5.42. The van der Waals surface area contributed by atoms with Gasteiger partial charge in [0.15, 0.2) is 5.76 Å². The molecule has 3 N–H and O–H groups in total. The number of rotatable bonds is 2. The molecule has 2 rings (SSSR count). The third kappa shape index (κ3) is 1.14. The minimum Gasteiger partial charge on any atom is -0.458 e. The quantitative estimate of drug-likeness (QED) is 0.706. The van der Waals surface area contributed by atoms with E-state index in [1.54, 1.807) is 0 Å². The van der Waals surface area contributed by atoms with Crippen LogP contribution in [-0.2, 0) is 6.54 Å². The predicted octanol–water partition coefficient (Wildman–Crippen LogP) is 1.73. The highest BCUT2D eigenvalue weighted by Gasteiger charge is 2.02. The van der Waals surface area contributed by atoms with E-state index < -0.39 is 0 Å². The van der Waals surface area contributed by atoms with Gasteiger partial charge in [0, 0.05) is 6.20 Å². The van der Waals surface area contributed by atoms with Gasteiger partial charge >= 0.3 is 0 Å². The Morgan fingerprint density at radius 3 is 2.83 bits per heavy atom. The van der Waals surface area contributed by atoms with Gasteiger partial charge in [0.2, 0.25) is 0 Å². The molecule has 2 aromatic heterocycles. The summed E-state index contributed by atoms with van der Waals surface area (Å²) in [7, 11) is 0. The topological polar surface area (TPSA) is 55.0 Å². The van der Waals surface area contributed by atoms with Gasteiger partial charge in [-0.3, -0.25) is 0 Å². The molecule has 0 aliphatic heterocycles. The second-order valence-corrected chi connectivity index (χ2v) is 2.55. The van der Waals surface area contributed by atoms with E-state index in [0.29, 0.717) is 6.54 Å². The van der Waals surface area contributed by atoms with E-state index >= 15 is 0 Å². The number of hydrogen-bond donors (Lipinski definition) is 2. The number of aromatic nitrogens is 1. The molecule has 0 aliphatic rings. The van der Waals surface area contributed by atoms with Crippen LogP contribution in [0.5, 0.6) is 0 Å². The largest absolute Gasteiger partial charge is 0.458 e. The van der Waals surface area contributed by atoms with E-state index in [1.165, 1.54) is 0 Å². The van der Waals surface area contributed by atoms with Crippen molar-refractivity contribution < 1.29 is 4.42 Å². The molecule has 0 radical (unpaired) electrons. The number of furan rings is 1. The monoisotopic (exact) mass is 162 g/mol. The lowest BCUT2D eigenvalue weighted by Gasteiger charge is -1.90. The van der Waals surface area contributed by atoms with Crippen molar-refractivity contribution in [1.29, 1.82) is 0 Å². The van der Waals surface area contributed by atoms with Gasteiger partial charge in [-0.05, 0) is 24.3 Å². The molecular formula is C9H10N2O. The first-order valence-corrected chi connectivity index (χ1v) is 3.82. The normalized spacial score (nSPS) is 10.4. The van der Waals surface area contributed by atoms with E-state index in [1.807, 2.05) is 30.5 Å². The van der Waals surface area contributed by atoms with Crippen LogP contribution in [0.2, 0.25) is 0 Å². The van der Waals surface area contributed by atoms with Crippen molar-refractivity contribution in [3.05, 3.63) is 36.2 Å². The summed E-state index contributed by atoms with van der Waals surface area (Å²) in [4.78, 5) is 3.06. The molecule has 0 amide bonds. The zero-order chi connectivity index (χ0) is 8.39. The summed E-state index contributed by atoms with van der Waals surface area (Å²) in [6.07, 6.45) is 1.86. The van der Waals surface area contributed by atoms with Gasteiger partial charge in [-0.2, -0.15) is 0 Å². The third-order valence-corrected chi connectivity index (χ3v) is 1.73. The summed E-state index contributed by atoms with van der Waals surface area (Å²) in [5.41, 5.74) is 6.39. The molecule has 0 fully saturated rings. The highest BCUT2D eigenvalue weighted by Crippen LogP contribution is 2.19. The summed E-state index contributed by atoms with van der Waals surface area (Å²) < 4.78 is 5.42. The fourth-order valence-corrected chi connectivity index (χ4v) is 1.12. The van der Waals surface area contributed by atoms with Crippen LogP contribution in [0.3, 0.4) is 0 Å². The molecule has 0 atom stereocenters. The molecule has 0 saturated heterocycles. The van der Waals surface area contributed by atoms with Crippen LogP contribution in [0.1, 0.15) is 5.76 Å². The first kappa shape index (κ1) is 7.18. The molecule has 62 valence electrons. The van der Waals surface area contributed by atoms with Crippen molar-refractivity contribution in [2.75, 3.05) is 0 Å². The van der Waals surface area contributed by atoms with E-state index in [0.717, 1.165) is 17.2 Å². The average Bonchev–Trinajstić information content (AvgIpc) is 2.75. The van der Waals surface area contributed by atoms with Crippen LogP contribution >= 0.6 is 0 Å². The van der Waals surface area contributed by atoms with Crippen LogP contribution < -0.4 is 5.73 Å². The first-order chi connectivity index (χ1) is 5.90. The molecule has 0 unspecified atom stereocenters. The Balaban J connectivity index is 2.35. The smallest absolute Gasteiger partial charge is 0.150 e. The van der Waals surface area contributed by atoms with Crippen molar-refractivity contribution in [1.82, 2.24) is 4.98 Å². The zero-order valence-electron chi connectivity index (χ0n) is 6.58. The van der Waals surface area contributed by atoms with Gasteiger partial charge in [-0.15, -0.1) is 0 Å². The summed E-state index contributed by atoms with van der Waals surface area (Å²) in [5.74, 6) is 1.64. The van der Waals surface area contributed by atoms with E-state index in [4.69, 9.17) is 10.2 Å². The average molecular weight is 162 g/mol. The van der Waals surface area contributed by atoms with Crippen LogP contribution in [0.4, 0.5) is 0 Å². The molecule has 2 aromatic rings.